The Morgan fingerprint density at radius 3 is 2.82 bits per heavy atom. The van der Waals surface area contributed by atoms with Crippen LogP contribution in [0.25, 0.3) is 0 Å². The minimum Gasteiger partial charge on any atom is -0.396 e. The predicted molar refractivity (Wildman–Crippen MR) is 65.5 cm³/mol. The summed E-state index contributed by atoms with van der Waals surface area (Å²) in [5, 5.41) is 16.0. The maximum absolute atomic E-state index is 12.0. The fraction of sp³-hybridized carbons (Fsp3) is 0.667. The zero-order valence-electron chi connectivity index (χ0n) is 10.7. The van der Waals surface area contributed by atoms with Crippen molar-refractivity contribution in [1.29, 1.82) is 0 Å². The number of aromatic nitrogens is 2. The van der Waals surface area contributed by atoms with E-state index in [2.05, 4.69) is 10.4 Å². The van der Waals surface area contributed by atoms with Crippen molar-refractivity contribution in [3.63, 3.8) is 0 Å². The first-order valence-corrected chi connectivity index (χ1v) is 5.94. The molecule has 0 aliphatic carbocycles. The van der Waals surface area contributed by atoms with E-state index in [9.17, 15) is 4.79 Å². The topological polar surface area (TPSA) is 67.2 Å². The number of hydrogen-bond acceptors (Lipinski definition) is 3. The second kappa shape index (κ2) is 5.82. The molecule has 2 unspecified atom stereocenters. The van der Waals surface area contributed by atoms with Crippen LogP contribution in [0.5, 0.6) is 0 Å². The molecule has 0 aliphatic rings. The number of nitrogens with one attached hydrogen (secondary N) is 1. The molecule has 2 atom stereocenters. The Hall–Kier alpha value is -1.36. The first-order valence-electron chi connectivity index (χ1n) is 5.94. The summed E-state index contributed by atoms with van der Waals surface area (Å²) in [6.45, 7) is 5.81. The molecule has 1 aromatic rings. The molecule has 1 heterocycles. The van der Waals surface area contributed by atoms with Gasteiger partial charge >= 0.3 is 0 Å². The van der Waals surface area contributed by atoms with Gasteiger partial charge in [-0.15, -0.1) is 0 Å². The molecule has 5 nitrogen and oxygen atoms in total. The third-order valence-electron chi connectivity index (χ3n) is 3.17. The molecule has 0 radical (unpaired) electrons. The number of aliphatic hydroxyl groups excluding tert-OH is 1. The van der Waals surface area contributed by atoms with Crippen LogP contribution in [0.3, 0.4) is 0 Å². The number of carbonyl (C=O) groups excluding carboxylic acids is 1. The second-order valence-corrected chi connectivity index (χ2v) is 4.54. The van der Waals surface area contributed by atoms with Crippen LogP contribution in [0.1, 0.15) is 39.7 Å². The van der Waals surface area contributed by atoms with Gasteiger partial charge in [0.2, 0.25) is 5.91 Å². The highest BCUT2D eigenvalue weighted by Crippen LogP contribution is 2.15. The third-order valence-corrected chi connectivity index (χ3v) is 3.17. The van der Waals surface area contributed by atoms with Crippen molar-refractivity contribution in [2.24, 2.45) is 0 Å². The molecule has 0 aliphatic heterocycles. The van der Waals surface area contributed by atoms with Crippen molar-refractivity contribution >= 4 is 5.91 Å². The van der Waals surface area contributed by atoms with Crippen molar-refractivity contribution in [3.05, 3.63) is 18.5 Å². The average Bonchev–Trinajstić information content (AvgIpc) is 2.81. The molecule has 0 aromatic carbocycles. The molecule has 1 rings (SSSR count). The molecule has 2 N–H and O–H groups in total. The van der Waals surface area contributed by atoms with Crippen LogP contribution in [-0.2, 0) is 4.79 Å². The van der Waals surface area contributed by atoms with Crippen molar-refractivity contribution in [3.8, 4) is 0 Å². The van der Waals surface area contributed by atoms with Crippen molar-refractivity contribution in [2.75, 3.05) is 6.61 Å². The van der Waals surface area contributed by atoms with Gasteiger partial charge in [-0.25, -0.2) is 0 Å². The molecule has 0 spiro atoms. The van der Waals surface area contributed by atoms with Gasteiger partial charge in [0.25, 0.3) is 0 Å². The number of amides is 1. The molecule has 0 saturated heterocycles. The Kier molecular flexibility index (Phi) is 4.69. The van der Waals surface area contributed by atoms with E-state index in [0.717, 1.165) is 6.42 Å². The first-order chi connectivity index (χ1) is 8.02. The molecule has 0 fully saturated rings. The molecule has 5 heteroatoms. The van der Waals surface area contributed by atoms with Crippen molar-refractivity contribution < 1.29 is 9.90 Å². The molecule has 0 saturated carbocycles. The second-order valence-electron chi connectivity index (χ2n) is 4.54. The van der Waals surface area contributed by atoms with Gasteiger partial charge in [0.1, 0.15) is 6.04 Å². The monoisotopic (exact) mass is 239 g/mol. The number of hydrogen-bond donors (Lipinski definition) is 2. The lowest BCUT2D eigenvalue weighted by Crippen LogP contribution is -2.48. The highest BCUT2D eigenvalue weighted by molar-refractivity contribution is 5.80. The Bertz CT molecular complexity index is 351. The van der Waals surface area contributed by atoms with E-state index < -0.39 is 0 Å². The number of rotatable bonds is 6. The lowest BCUT2D eigenvalue weighted by atomic mass is 9.94. The average molecular weight is 239 g/mol. The van der Waals surface area contributed by atoms with Crippen LogP contribution in [0.4, 0.5) is 0 Å². The van der Waals surface area contributed by atoms with Gasteiger partial charge in [0.05, 0.1) is 0 Å². The van der Waals surface area contributed by atoms with Gasteiger partial charge in [-0.2, -0.15) is 5.10 Å². The van der Waals surface area contributed by atoms with Gasteiger partial charge in [-0.3, -0.25) is 9.48 Å². The van der Waals surface area contributed by atoms with Crippen molar-refractivity contribution in [2.45, 2.75) is 45.2 Å². The Morgan fingerprint density at radius 1 is 1.65 bits per heavy atom. The standard InChI is InChI=1S/C12H21N3O2/c1-4-12(3,6-9-16)14-11(17)10(2)15-8-5-7-13-15/h5,7-8,10,16H,4,6,9H2,1-3H3,(H,14,17). The summed E-state index contributed by atoms with van der Waals surface area (Å²) in [5.41, 5.74) is -0.354. The third kappa shape index (κ3) is 3.56. The minimum atomic E-state index is -0.354. The summed E-state index contributed by atoms with van der Waals surface area (Å²) >= 11 is 0. The van der Waals surface area contributed by atoms with E-state index in [-0.39, 0.29) is 24.1 Å². The number of aliphatic hydroxyl groups is 1. The van der Waals surface area contributed by atoms with Crippen LogP contribution in [0.15, 0.2) is 18.5 Å². The van der Waals surface area contributed by atoms with Crippen LogP contribution >= 0.6 is 0 Å². The van der Waals surface area contributed by atoms with Gasteiger partial charge in [-0.05, 0) is 32.8 Å². The summed E-state index contributed by atoms with van der Waals surface area (Å²) < 4.78 is 1.62. The number of carbonyl (C=O) groups is 1. The predicted octanol–water partition coefficient (Wildman–Crippen LogP) is 1.11. The lowest BCUT2D eigenvalue weighted by molar-refractivity contribution is -0.126. The quantitative estimate of drug-likeness (QED) is 0.781. The molecular formula is C12H21N3O2. The highest BCUT2D eigenvalue weighted by atomic mass is 16.3. The summed E-state index contributed by atoms with van der Waals surface area (Å²) in [6, 6.07) is 1.45. The summed E-state index contributed by atoms with van der Waals surface area (Å²) in [7, 11) is 0. The van der Waals surface area contributed by atoms with Gasteiger partial charge in [0.15, 0.2) is 0 Å². The maximum Gasteiger partial charge on any atom is 0.244 e. The SMILES string of the molecule is CCC(C)(CCO)NC(=O)C(C)n1cccn1. The smallest absolute Gasteiger partial charge is 0.244 e. The maximum atomic E-state index is 12.0. The summed E-state index contributed by atoms with van der Waals surface area (Å²) in [4.78, 5) is 12.0. The van der Waals surface area contributed by atoms with E-state index in [1.807, 2.05) is 13.8 Å². The van der Waals surface area contributed by atoms with Crippen LogP contribution < -0.4 is 5.32 Å². The highest BCUT2D eigenvalue weighted by Gasteiger charge is 2.26. The zero-order valence-corrected chi connectivity index (χ0v) is 10.7. The van der Waals surface area contributed by atoms with Crippen LogP contribution in [0.2, 0.25) is 0 Å². The molecule has 0 bridgehead atoms. The normalized spacial score (nSPS) is 16.2. The van der Waals surface area contributed by atoms with E-state index in [4.69, 9.17) is 5.11 Å². The van der Waals surface area contributed by atoms with E-state index in [1.54, 1.807) is 30.1 Å². The minimum absolute atomic E-state index is 0.0702. The fourth-order valence-electron chi connectivity index (χ4n) is 1.61. The largest absolute Gasteiger partial charge is 0.396 e. The Balaban J connectivity index is 2.65. The van der Waals surface area contributed by atoms with E-state index in [1.165, 1.54) is 0 Å². The Labute approximate surface area is 102 Å². The number of nitrogens with zero attached hydrogens (tertiary/aromatic N) is 2. The molecule has 1 amide bonds. The van der Waals surface area contributed by atoms with Gasteiger partial charge in [-0.1, -0.05) is 6.92 Å². The Morgan fingerprint density at radius 2 is 2.35 bits per heavy atom. The van der Waals surface area contributed by atoms with Gasteiger partial charge < -0.3 is 10.4 Å². The van der Waals surface area contributed by atoms with Crippen LogP contribution in [-0.4, -0.2) is 32.9 Å². The fourth-order valence-corrected chi connectivity index (χ4v) is 1.61. The molecule has 96 valence electrons. The molecule has 17 heavy (non-hydrogen) atoms. The van der Waals surface area contributed by atoms with Crippen LogP contribution in [0, 0.1) is 0 Å². The van der Waals surface area contributed by atoms with Crippen molar-refractivity contribution in [1.82, 2.24) is 15.1 Å². The lowest BCUT2D eigenvalue weighted by Gasteiger charge is -2.30. The van der Waals surface area contributed by atoms with Gasteiger partial charge in [0, 0.05) is 24.5 Å². The zero-order chi connectivity index (χ0) is 12.9. The van der Waals surface area contributed by atoms with E-state index in [0.29, 0.717) is 6.42 Å². The molecule has 1 aromatic heterocycles. The molecular weight excluding hydrogens is 218 g/mol. The first kappa shape index (κ1) is 13.7. The van der Waals surface area contributed by atoms with E-state index >= 15 is 0 Å². The summed E-state index contributed by atoms with van der Waals surface area (Å²) in [6.07, 6.45) is 4.75. The summed E-state index contributed by atoms with van der Waals surface area (Å²) in [5.74, 6) is -0.0773.